The topological polar surface area (TPSA) is 73.6 Å². The van der Waals surface area contributed by atoms with E-state index in [1.165, 1.54) is 12.0 Å². The molecule has 110 valence electrons. The maximum Gasteiger partial charge on any atom is 0.307 e. The van der Waals surface area contributed by atoms with Crippen molar-refractivity contribution in [2.75, 3.05) is 32.6 Å². The van der Waals surface area contributed by atoms with E-state index in [2.05, 4.69) is 10.8 Å². The highest BCUT2D eigenvalue weighted by molar-refractivity contribution is 6.00. The van der Waals surface area contributed by atoms with E-state index in [1.54, 1.807) is 6.07 Å². The van der Waals surface area contributed by atoms with Crippen molar-refractivity contribution in [3.63, 3.8) is 0 Å². The molecule has 0 fully saturated rings. The first-order chi connectivity index (χ1) is 9.99. The summed E-state index contributed by atoms with van der Waals surface area (Å²) in [5.74, 6) is -0.616. The third kappa shape index (κ3) is 2.68. The first kappa shape index (κ1) is 14.9. The summed E-state index contributed by atoms with van der Waals surface area (Å²) < 4.78 is 4.58. The highest BCUT2D eigenvalue weighted by Crippen LogP contribution is 2.35. The monoisotopic (exact) mass is 287 g/mol. The van der Waals surface area contributed by atoms with Crippen LogP contribution in [0.2, 0.25) is 0 Å². The largest absolute Gasteiger partial charge is 0.469 e. The number of fused-ring (bicyclic) bond motifs is 1. The number of anilines is 1. The third-order valence-corrected chi connectivity index (χ3v) is 3.56. The van der Waals surface area contributed by atoms with Gasteiger partial charge in [-0.25, -0.2) is 0 Å². The van der Waals surface area contributed by atoms with Gasteiger partial charge in [0.1, 0.15) is 6.04 Å². The molecule has 0 radical (unpaired) electrons. The second kappa shape index (κ2) is 5.83. The molecule has 2 rings (SSSR count). The molecular weight excluding hydrogens is 270 g/mol. The van der Waals surface area contributed by atoms with Gasteiger partial charge in [0, 0.05) is 37.5 Å². The maximum absolute atomic E-state index is 12.4. The average Bonchev–Trinajstić information content (AvgIpc) is 2.76. The van der Waals surface area contributed by atoms with Crippen LogP contribution in [0.15, 0.2) is 18.2 Å². The van der Waals surface area contributed by atoms with Crippen LogP contribution < -0.4 is 4.90 Å². The van der Waals surface area contributed by atoms with Crippen LogP contribution in [0, 0.1) is 11.3 Å². The standard InChI is InChI=1S/C15H17N3O3/c1-17(2)10-4-5-11-12(8-10)13(9-16)18(15(11)20)7-6-14(19)21-3/h4-5,8,13H,6-7H2,1-3H3. The zero-order valence-corrected chi connectivity index (χ0v) is 12.3. The van der Waals surface area contributed by atoms with E-state index >= 15 is 0 Å². The fourth-order valence-corrected chi connectivity index (χ4v) is 2.37. The van der Waals surface area contributed by atoms with Crippen LogP contribution in [0.4, 0.5) is 5.69 Å². The number of amides is 1. The number of nitrogens with zero attached hydrogens (tertiary/aromatic N) is 3. The average molecular weight is 287 g/mol. The number of hydrogen-bond donors (Lipinski definition) is 0. The van der Waals surface area contributed by atoms with Gasteiger partial charge in [-0.3, -0.25) is 9.59 Å². The third-order valence-electron chi connectivity index (χ3n) is 3.56. The Hall–Kier alpha value is -2.55. The quantitative estimate of drug-likeness (QED) is 0.781. The highest BCUT2D eigenvalue weighted by Gasteiger charge is 2.37. The van der Waals surface area contributed by atoms with Crippen molar-refractivity contribution in [1.29, 1.82) is 5.26 Å². The van der Waals surface area contributed by atoms with Crippen LogP contribution in [0.1, 0.15) is 28.4 Å². The van der Waals surface area contributed by atoms with Crippen LogP contribution in [-0.2, 0) is 9.53 Å². The van der Waals surface area contributed by atoms with E-state index in [-0.39, 0.29) is 18.9 Å². The Kier molecular flexibility index (Phi) is 4.13. The molecule has 0 aliphatic carbocycles. The summed E-state index contributed by atoms with van der Waals surface area (Å²) in [5.41, 5.74) is 2.15. The Morgan fingerprint density at radius 2 is 2.19 bits per heavy atom. The molecule has 0 spiro atoms. The number of esters is 1. The van der Waals surface area contributed by atoms with Crippen LogP contribution in [0.3, 0.4) is 0 Å². The van der Waals surface area contributed by atoms with Crippen molar-refractivity contribution in [3.8, 4) is 6.07 Å². The van der Waals surface area contributed by atoms with E-state index in [0.29, 0.717) is 11.1 Å². The lowest BCUT2D eigenvalue weighted by Crippen LogP contribution is -2.30. The second-order valence-corrected chi connectivity index (χ2v) is 5.02. The number of carbonyl (C=O) groups excluding carboxylic acids is 2. The van der Waals surface area contributed by atoms with Crippen molar-refractivity contribution in [2.45, 2.75) is 12.5 Å². The molecule has 1 amide bonds. The smallest absolute Gasteiger partial charge is 0.307 e. The summed E-state index contributed by atoms with van der Waals surface area (Å²) in [6.07, 6.45) is 0.0783. The fourth-order valence-electron chi connectivity index (χ4n) is 2.37. The molecule has 6 heteroatoms. The van der Waals surface area contributed by atoms with Gasteiger partial charge in [0.25, 0.3) is 5.91 Å². The fraction of sp³-hybridized carbons (Fsp3) is 0.400. The first-order valence-corrected chi connectivity index (χ1v) is 6.58. The van der Waals surface area contributed by atoms with E-state index < -0.39 is 12.0 Å². The molecule has 0 bridgehead atoms. The van der Waals surface area contributed by atoms with Gasteiger partial charge < -0.3 is 14.5 Å². The van der Waals surface area contributed by atoms with E-state index in [1.807, 2.05) is 31.1 Å². The first-order valence-electron chi connectivity index (χ1n) is 6.58. The number of carbonyl (C=O) groups is 2. The van der Waals surface area contributed by atoms with Gasteiger partial charge in [0.2, 0.25) is 0 Å². The van der Waals surface area contributed by atoms with Crippen LogP contribution in [0.25, 0.3) is 0 Å². The van der Waals surface area contributed by atoms with Crippen LogP contribution in [0.5, 0.6) is 0 Å². The zero-order valence-electron chi connectivity index (χ0n) is 12.3. The number of ether oxygens (including phenoxy) is 1. The van der Waals surface area contributed by atoms with Gasteiger partial charge in [-0.05, 0) is 18.2 Å². The van der Waals surface area contributed by atoms with Gasteiger partial charge in [-0.1, -0.05) is 0 Å². The molecule has 6 nitrogen and oxygen atoms in total. The maximum atomic E-state index is 12.4. The number of methoxy groups -OCH3 is 1. The summed E-state index contributed by atoms with van der Waals surface area (Å²) in [5, 5.41) is 9.38. The zero-order chi connectivity index (χ0) is 15.6. The minimum atomic E-state index is -0.656. The molecule has 0 N–H and O–H groups in total. The lowest BCUT2D eigenvalue weighted by atomic mass is 10.0. The van der Waals surface area contributed by atoms with Crippen molar-refractivity contribution in [2.24, 2.45) is 0 Å². The van der Waals surface area contributed by atoms with Crippen molar-refractivity contribution in [1.82, 2.24) is 4.90 Å². The normalized spacial score (nSPS) is 16.4. The number of rotatable bonds is 4. The van der Waals surface area contributed by atoms with E-state index in [4.69, 9.17) is 0 Å². The molecule has 0 saturated heterocycles. The molecule has 1 aliphatic heterocycles. The predicted molar refractivity (Wildman–Crippen MR) is 76.8 cm³/mol. The Bertz CT molecular complexity index is 619. The van der Waals surface area contributed by atoms with Gasteiger partial charge in [0.15, 0.2) is 0 Å². The summed E-state index contributed by atoms with van der Waals surface area (Å²) in [4.78, 5) is 26.9. The molecule has 0 aromatic heterocycles. The van der Waals surface area contributed by atoms with Gasteiger partial charge in [-0.2, -0.15) is 5.26 Å². The van der Waals surface area contributed by atoms with Gasteiger partial charge >= 0.3 is 5.97 Å². The van der Waals surface area contributed by atoms with Gasteiger partial charge in [-0.15, -0.1) is 0 Å². The number of benzene rings is 1. The van der Waals surface area contributed by atoms with Crippen molar-refractivity contribution < 1.29 is 14.3 Å². The molecule has 0 saturated carbocycles. The Balaban J connectivity index is 2.30. The Morgan fingerprint density at radius 1 is 1.48 bits per heavy atom. The second-order valence-electron chi connectivity index (χ2n) is 5.02. The van der Waals surface area contributed by atoms with Crippen molar-refractivity contribution >= 4 is 17.6 Å². The molecular formula is C15H17N3O3. The molecule has 1 aromatic rings. The molecule has 1 atom stereocenters. The summed E-state index contributed by atoms with van der Waals surface area (Å²) >= 11 is 0. The van der Waals surface area contributed by atoms with Crippen LogP contribution >= 0.6 is 0 Å². The molecule has 1 unspecified atom stereocenters. The Labute approximate surface area is 123 Å². The lowest BCUT2D eigenvalue weighted by Gasteiger charge is -2.19. The summed E-state index contributed by atoms with van der Waals surface area (Å²) in [6, 6.07) is 6.91. The number of hydrogen-bond acceptors (Lipinski definition) is 5. The molecule has 21 heavy (non-hydrogen) atoms. The molecule has 1 aromatic carbocycles. The van der Waals surface area contributed by atoms with E-state index in [9.17, 15) is 14.9 Å². The minimum absolute atomic E-state index is 0.0783. The summed E-state index contributed by atoms with van der Waals surface area (Å²) in [7, 11) is 5.10. The lowest BCUT2D eigenvalue weighted by molar-refractivity contribution is -0.140. The Morgan fingerprint density at radius 3 is 2.76 bits per heavy atom. The highest BCUT2D eigenvalue weighted by atomic mass is 16.5. The molecule has 1 aliphatic rings. The SMILES string of the molecule is COC(=O)CCN1C(=O)c2ccc(N(C)C)cc2C1C#N. The van der Waals surface area contributed by atoms with E-state index in [0.717, 1.165) is 5.69 Å². The molecule has 1 heterocycles. The minimum Gasteiger partial charge on any atom is -0.469 e. The predicted octanol–water partition coefficient (Wildman–Crippen LogP) is 1.34. The van der Waals surface area contributed by atoms with Crippen molar-refractivity contribution in [3.05, 3.63) is 29.3 Å². The summed E-state index contributed by atoms with van der Waals surface area (Å²) in [6.45, 7) is 0.176. The number of nitriles is 1. The van der Waals surface area contributed by atoms with Gasteiger partial charge in [0.05, 0.1) is 19.6 Å². The van der Waals surface area contributed by atoms with Crippen LogP contribution in [-0.4, -0.2) is 44.5 Å².